The Morgan fingerprint density at radius 3 is 2.51 bits per heavy atom. The second-order valence-electron chi connectivity index (χ2n) is 9.01. The molecule has 0 unspecified atom stereocenters. The van der Waals surface area contributed by atoms with E-state index in [-0.39, 0.29) is 11.6 Å². The summed E-state index contributed by atoms with van der Waals surface area (Å²) in [5.41, 5.74) is 8.06. The van der Waals surface area contributed by atoms with Crippen molar-refractivity contribution in [2.24, 2.45) is 5.73 Å². The maximum atomic E-state index is 12.1. The van der Waals surface area contributed by atoms with E-state index in [0.29, 0.717) is 44.1 Å². The summed E-state index contributed by atoms with van der Waals surface area (Å²) in [6, 6.07) is 3.72. The first kappa shape index (κ1) is 29.7. The number of rotatable bonds is 15. The van der Waals surface area contributed by atoms with Crippen molar-refractivity contribution in [2.45, 2.75) is 26.7 Å². The van der Waals surface area contributed by atoms with E-state index in [2.05, 4.69) is 25.6 Å². The molecule has 2 aromatic rings. The van der Waals surface area contributed by atoms with Crippen LogP contribution in [0.15, 0.2) is 30.5 Å². The fourth-order valence-corrected chi connectivity index (χ4v) is 3.43. The fraction of sp³-hybridized carbons (Fsp3) is 0.500. The smallest absolute Gasteiger partial charge is 0.271 e. The van der Waals surface area contributed by atoms with Crippen LogP contribution in [0.25, 0.3) is 0 Å². The summed E-state index contributed by atoms with van der Waals surface area (Å²) in [4.78, 5) is 43.5. The van der Waals surface area contributed by atoms with E-state index in [1.807, 2.05) is 63.0 Å². The Morgan fingerprint density at radius 2 is 1.86 bits per heavy atom. The minimum absolute atomic E-state index is 0.0113. The van der Waals surface area contributed by atoms with Crippen LogP contribution in [0.4, 0.5) is 17.3 Å². The number of aryl methyl sites for hydroxylation is 1. The third-order valence-electron chi connectivity index (χ3n) is 5.72. The van der Waals surface area contributed by atoms with Crippen LogP contribution in [0, 0.1) is 0 Å². The number of primary amides is 1. The first-order valence-electron chi connectivity index (χ1n) is 12.6. The molecule has 2 aromatic heterocycles. The zero-order valence-corrected chi connectivity index (χ0v) is 22.9. The minimum atomic E-state index is -0.634. The van der Waals surface area contributed by atoms with Gasteiger partial charge in [0.05, 0.1) is 5.69 Å². The highest BCUT2D eigenvalue weighted by Gasteiger charge is 2.19. The van der Waals surface area contributed by atoms with Crippen molar-refractivity contribution in [1.29, 1.82) is 0 Å². The lowest BCUT2D eigenvalue weighted by atomic mass is 10.2. The molecule has 0 aliphatic heterocycles. The number of hydrogen-bond donors (Lipinski definition) is 3. The largest absolute Gasteiger partial charge is 0.364 e. The molecule has 37 heavy (non-hydrogen) atoms. The Balaban J connectivity index is 1.97. The Hall–Kier alpha value is -3.57. The van der Waals surface area contributed by atoms with E-state index in [4.69, 9.17) is 5.73 Å². The number of nitrogens with zero attached hydrogens (tertiary/aromatic N) is 6. The van der Waals surface area contributed by atoms with Gasteiger partial charge in [-0.2, -0.15) is 0 Å². The van der Waals surface area contributed by atoms with Gasteiger partial charge in [0.2, 0.25) is 5.91 Å². The second kappa shape index (κ2) is 14.9. The van der Waals surface area contributed by atoms with Gasteiger partial charge in [-0.15, -0.1) is 0 Å². The summed E-state index contributed by atoms with van der Waals surface area (Å²) in [5, 5.41) is 6.55. The molecule has 11 nitrogen and oxygen atoms in total. The van der Waals surface area contributed by atoms with Crippen molar-refractivity contribution in [3.63, 3.8) is 0 Å². The Bertz CT molecular complexity index is 1070. The average molecular weight is 512 g/mol. The number of likely N-dealkylation sites (N-methyl/N-ethyl adjacent to an activating group) is 2. The number of carbonyl (C=O) groups excluding carboxylic acids is 2. The van der Waals surface area contributed by atoms with Crippen LogP contribution in [-0.2, 0) is 17.6 Å². The first-order chi connectivity index (χ1) is 17.7. The minimum Gasteiger partial charge on any atom is -0.364 e. The highest BCUT2D eigenvalue weighted by molar-refractivity contribution is 5.96. The SMILES string of the molecule is CCc1nc(C(N)=O)c(Nc2ccnc(CCNCCN(C)C(=O)/C=C/CN(C)C)c2)nc1N(C)CC. The van der Waals surface area contributed by atoms with E-state index >= 15 is 0 Å². The lowest BCUT2D eigenvalue weighted by Crippen LogP contribution is -2.33. The van der Waals surface area contributed by atoms with Gasteiger partial charge in [0, 0.05) is 76.9 Å². The van der Waals surface area contributed by atoms with Crippen molar-refractivity contribution >= 4 is 29.1 Å². The molecule has 2 amide bonds. The number of amides is 2. The van der Waals surface area contributed by atoms with Crippen molar-refractivity contribution in [2.75, 3.05) is 71.1 Å². The maximum Gasteiger partial charge on any atom is 0.271 e. The summed E-state index contributed by atoms with van der Waals surface area (Å²) in [6.45, 7) is 7.47. The van der Waals surface area contributed by atoms with E-state index in [9.17, 15) is 9.59 Å². The average Bonchev–Trinajstić information content (AvgIpc) is 2.87. The van der Waals surface area contributed by atoms with Gasteiger partial charge >= 0.3 is 0 Å². The zero-order valence-electron chi connectivity index (χ0n) is 22.9. The van der Waals surface area contributed by atoms with Gasteiger partial charge in [0.15, 0.2) is 17.3 Å². The number of anilines is 3. The lowest BCUT2D eigenvalue weighted by molar-refractivity contribution is -0.124. The molecule has 202 valence electrons. The molecule has 0 aromatic carbocycles. The maximum absolute atomic E-state index is 12.1. The number of hydrogen-bond acceptors (Lipinski definition) is 9. The van der Waals surface area contributed by atoms with Crippen LogP contribution < -0.4 is 21.3 Å². The lowest BCUT2D eigenvalue weighted by Gasteiger charge is -2.21. The van der Waals surface area contributed by atoms with E-state index in [1.165, 1.54) is 0 Å². The summed E-state index contributed by atoms with van der Waals surface area (Å²) >= 11 is 0. The molecule has 4 N–H and O–H groups in total. The highest BCUT2D eigenvalue weighted by Crippen LogP contribution is 2.24. The van der Waals surface area contributed by atoms with Crippen molar-refractivity contribution in [3.05, 3.63) is 47.6 Å². The predicted octanol–water partition coefficient (Wildman–Crippen LogP) is 1.44. The van der Waals surface area contributed by atoms with Gasteiger partial charge in [-0.05, 0) is 39.6 Å². The monoisotopic (exact) mass is 511 g/mol. The molecule has 0 saturated heterocycles. The van der Waals surface area contributed by atoms with Crippen molar-refractivity contribution < 1.29 is 9.59 Å². The third kappa shape index (κ3) is 9.43. The topological polar surface area (TPSA) is 133 Å². The molecule has 0 spiro atoms. The fourth-order valence-electron chi connectivity index (χ4n) is 3.43. The summed E-state index contributed by atoms with van der Waals surface area (Å²) in [6.07, 6.45) is 6.51. The summed E-state index contributed by atoms with van der Waals surface area (Å²) in [5.74, 6) is 0.392. The zero-order chi connectivity index (χ0) is 27.4. The van der Waals surface area contributed by atoms with Crippen LogP contribution in [0.5, 0.6) is 0 Å². The van der Waals surface area contributed by atoms with Gasteiger partial charge in [-0.25, -0.2) is 9.97 Å². The molecule has 11 heteroatoms. The van der Waals surface area contributed by atoms with Crippen LogP contribution in [0.2, 0.25) is 0 Å². The number of pyridine rings is 1. The van der Waals surface area contributed by atoms with Crippen molar-refractivity contribution in [1.82, 2.24) is 30.1 Å². The van der Waals surface area contributed by atoms with Crippen LogP contribution in [-0.4, -0.2) is 97.5 Å². The molecule has 0 atom stereocenters. The van der Waals surface area contributed by atoms with Gasteiger partial charge in [-0.3, -0.25) is 14.6 Å². The second-order valence-corrected chi connectivity index (χ2v) is 9.01. The number of nitrogens with two attached hydrogens (primary N) is 1. The first-order valence-corrected chi connectivity index (χ1v) is 12.6. The molecule has 0 aliphatic rings. The number of carbonyl (C=O) groups is 2. The highest BCUT2D eigenvalue weighted by atomic mass is 16.2. The normalized spacial score (nSPS) is 11.2. The molecule has 0 fully saturated rings. The quantitative estimate of drug-likeness (QED) is 0.240. The Kier molecular flexibility index (Phi) is 11.9. The molecule has 2 rings (SSSR count). The van der Waals surface area contributed by atoms with Crippen LogP contribution >= 0.6 is 0 Å². The summed E-state index contributed by atoms with van der Waals surface area (Å²) < 4.78 is 0. The molecule has 0 aliphatic carbocycles. The molecule has 0 saturated carbocycles. The van der Waals surface area contributed by atoms with Crippen LogP contribution in [0.1, 0.15) is 35.7 Å². The standard InChI is InChI=1S/C26H41N9O2/c1-7-21-26(34(5)8-2)32-25(23(31-21)24(27)37)30-20-12-14-29-19(18-20)11-13-28-15-17-35(6)22(36)10-9-16-33(3)4/h9-10,12,14,18,28H,7-8,11,13,15-17H2,1-6H3,(H2,27,37)(H,29,30,32)/b10-9+. The van der Waals surface area contributed by atoms with E-state index in [1.54, 1.807) is 24.2 Å². The third-order valence-corrected chi connectivity index (χ3v) is 5.72. The van der Waals surface area contributed by atoms with E-state index < -0.39 is 5.91 Å². The number of nitrogens with one attached hydrogen (secondary N) is 2. The van der Waals surface area contributed by atoms with Gasteiger partial charge < -0.3 is 31.1 Å². The molecule has 0 radical (unpaired) electrons. The molecule has 0 bridgehead atoms. The van der Waals surface area contributed by atoms with Gasteiger partial charge in [-0.1, -0.05) is 13.0 Å². The van der Waals surface area contributed by atoms with Crippen LogP contribution in [0.3, 0.4) is 0 Å². The predicted molar refractivity (Wildman–Crippen MR) is 148 cm³/mol. The summed E-state index contributed by atoms with van der Waals surface area (Å²) in [7, 11) is 7.65. The molecular weight excluding hydrogens is 470 g/mol. The molecular formula is C26H41N9O2. The number of aromatic nitrogens is 3. The Labute approximate surface area is 220 Å². The Morgan fingerprint density at radius 1 is 1.11 bits per heavy atom. The van der Waals surface area contributed by atoms with Gasteiger partial charge in [0.25, 0.3) is 5.91 Å². The van der Waals surface area contributed by atoms with Crippen molar-refractivity contribution in [3.8, 4) is 0 Å². The van der Waals surface area contributed by atoms with E-state index in [0.717, 1.165) is 30.2 Å². The molecule has 2 heterocycles. The van der Waals surface area contributed by atoms with Gasteiger partial charge in [0.1, 0.15) is 0 Å².